The maximum absolute atomic E-state index is 5.81. The number of rotatable bonds is 4. The number of ether oxygens (including phenoxy) is 2. The Kier molecular flexibility index (Phi) is 4.22. The predicted octanol–water partition coefficient (Wildman–Crippen LogP) is 6.03. The van der Waals surface area contributed by atoms with Gasteiger partial charge in [0.15, 0.2) is 0 Å². The molecule has 0 spiro atoms. The van der Waals surface area contributed by atoms with Crippen LogP contribution in [0, 0.1) is 0 Å². The molecule has 0 aliphatic rings. The lowest BCUT2D eigenvalue weighted by molar-refractivity contribution is 0.468. The smallest absolute Gasteiger partial charge is 0.141 e. The first-order valence-electron chi connectivity index (χ1n) is 6.56. The molecule has 0 N–H and O–H groups in total. The molecular formula is C18H13BrO2. The van der Waals surface area contributed by atoms with Crippen molar-refractivity contribution in [1.29, 1.82) is 0 Å². The van der Waals surface area contributed by atoms with Crippen LogP contribution >= 0.6 is 15.9 Å². The molecule has 0 saturated carbocycles. The monoisotopic (exact) mass is 340 g/mol. The first-order valence-corrected chi connectivity index (χ1v) is 7.36. The van der Waals surface area contributed by atoms with Crippen molar-refractivity contribution in [2.24, 2.45) is 0 Å². The Balaban J connectivity index is 1.71. The van der Waals surface area contributed by atoms with Crippen molar-refractivity contribution < 1.29 is 9.47 Å². The van der Waals surface area contributed by atoms with Gasteiger partial charge in [0.05, 0.1) is 4.47 Å². The van der Waals surface area contributed by atoms with Gasteiger partial charge >= 0.3 is 0 Å². The molecule has 2 nitrogen and oxygen atoms in total. The molecule has 0 amide bonds. The highest BCUT2D eigenvalue weighted by molar-refractivity contribution is 9.10. The third-order valence-electron chi connectivity index (χ3n) is 2.87. The number of benzene rings is 3. The topological polar surface area (TPSA) is 18.5 Å². The lowest BCUT2D eigenvalue weighted by Gasteiger charge is -2.09. The zero-order chi connectivity index (χ0) is 14.5. The van der Waals surface area contributed by atoms with Crippen molar-refractivity contribution in [3.8, 4) is 23.0 Å². The summed E-state index contributed by atoms with van der Waals surface area (Å²) in [6, 6.07) is 25.0. The van der Waals surface area contributed by atoms with Gasteiger partial charge in [-0.2, -0.15) is 0 Å². The summed E-state index contributed by atoms with van der Waals surface area (Å²) in [5.74, 6) is 3.15. The van der Waals surface area contributed by atoms with Gasteiger partial charge in [-0.05, 0) is 64.5 Å². The second-order valence-electron chi connectivity index (χ2n) is 4.42. The van der Waals surface area contributed by atoms with Crippen LogP contribution in [0.25, 0.3) is 0 Å². The zero-order valence-electron chi connectivity index (χ0n) is 11.2. The summed E-state index contributed by atoms with van der Waals surface area (Å²) in [5, 5.41) is 0. The average molecular weight is 341 g/mol. The second kappa shape index (κ2) is 6.46. The molecule has 0 radical (unpaired) electrons. The first-order chi connectivity index (χ1) is 10.3. The van der Waals surface area contributed by atoms with Gasteiger partial charge in [-0.25, -0.2) is 0 Å². The molecule has 0 saturated heterocycles. The fourth-order valence-corrected chi connectivity index (χ4v) is 2.22. The Morgan fingerprint density at radius 3 is 1.71 bits per heavy atom. The van der Waals surface area contributed by atoms with E-state index in [1.165, 1.54) is 0 Å². The van der Waals surface area contributed by atoms with E-state index in [1.807, 2.05) is 78.9 Å². The molecule has 0 atom stereocenters. The fraction of sp³-hybridized carbons (Fsp3) is 0. The first kappa shape index (κ1) is 13.7. The van der Waals surface area contributed by atoms with Crippen LogP contribution < -0.4 is 9.47 Å². The Labute approximate surface area is 132 Å². The Bertz CT molecular complexity index is 709. The summed E-state index contributed by atoms with van der Waals surface area (Å²) in [6.07, 6.45) is 0. The van der Waals surface area contributed by atoms with E-state index in [2.05, 4.69) is 15.9 Å². The highest BCUT2D eigenvalue weighted by Gasteiger charge is 2.02. The average Bonchev–Trinajstić information content (AvgIpc) is 2.52. The molecule has 104 valence electrons. The lowest BCUT2D eigenvalue weighted by Crippen LogP contribution is -1.86. The van der Waals surface area contributed by atoms with Crippen molar-refractivity contribution in [3.05, 3.63) is 83.3 Å². The van der Waals surface area contributed by atoms with Gasteiger partial charge in [0.25, 0.3) is 0 Å². The van der Waals surface area contributed by atoms with Crippen LogP contribution in [0.4, 0.5) is 0 Å². The van der Waals surface area contributed by atoms with Gasteiger partial charge in [-0.15, -0.1) is 0 Å². The van der Waals surface area contributed by atoms with Crippen molar-refractivity contribution in [1.82, 2.24) is 0 Å². The molecule has 0 bridgehead atoms. The van der Waals surface area contributed by atoms with E-state index in [1.54, 1.807) is 0 Å². The van der Waals surface area contributed by atoms with Crippen LogP contribution in [0.15, 0.2) is 83.3 Å². The molecule has 0 aliphatic carbocycles. The molecule has 3 rings (SSSR count). The molecule has 21 heavy (non-hydrogen) atoms. The van der Waals surface area contributed by atoms with Gasteiger partial charge < -0.3 is 9.47 Å². The van der Waals surface area contributed by atoms with E-state index in [0.29, 0.717) is 0 Å². The molecular weight excluding hydrogens is 328 g/mol. The molecule has 0 aromatic heterocycles. The summed E-state index contributed by atoms with van der Waals surface area (Å²) in [6.45, 7) is 0. The number of hydrogen-bond donors (Lipinski definition) is 0. The lowest BCUT2D eigenvalue weighted by atomic mass is 10.3. The largest absolute Gasteiger partial charge is 0.457 e. The van der Waals surface area contributed by atoms with E-state index in [9.17, 15) is 0 Å². The summed E-state index contributed by atoms with van der Waals surface area (Å²) in [7, 11) is 0. The van der Waals surface area contributed by atoms with E-state index >= 15 is 0 Å². The van der Waals surface area contributed by atoms with Gasteiger partial charge in [0.2, 0.25) is 0 Å². The molecule has 3 aromatic carbocycles. The second-order valence-corrected chi connectivity index (χ2v) is 5.27. The summed E-state index contributed by atoms with van der Waals surface area (Å²) >= 11 is 3.46. The van der Waals surface area contributed by atoms with Crippen molar-refractivity contribution in [3.63, 3.8) is 0 Å². The minimum Gasteiger partial charge on any atom is -0.457 e. The highest BCUT2D eigenvalue weighted by atomic mass is 79.9. The number of para-hydroxylation sites is 2. The summed E-state index contributed by atoms with van der Waals surface area (Å²) in [5.41, 5.74) is 0. The van der Waals surface area contributed by atoms with Crippen LogP contribution in [0.5, 0.6) is 23.0 Å². The van der Waals surface area contributed by atoms with Gasteiger partial charge in [-0.3, -0.25) is 0 Å². The Morgan fingerprint density at radius 1 is 0.524 bits per heavy atom. The van der Waals surface area contributed by atoms with Crippen LogP contribution in [-0.2, 0) is 0 Å². The molecule has 0 heterocycles. The minimum absolute atomic E-state index is 0.766. The standard InChI is InChI=1S/C18H13BrO2/c19-17-8-4-5-9-18(17)21-16-12-10-15(11-13-16)20-14-6-2-1-3-7-14/h1-13H. The molecule has 3 heteroatoms. The van der Waals surface area contributed by atoms with Gasteiger partial charge in [0.1, 0.15) is 23.0 Å². The maximum atomic E-state index is 5.81. The van der Waals surface area contributed by atoms with Gasteiger partial charge in [0, 0.05) is 0 Å². The zero-order valence-corrected chi connectivity index (χ0v) is 12.8. The van der Waals surface area contributed by atoms with E-state index in [4.69, 9.17) is 9.47 Å². The van der Waals surface area contributed by atoms with Crippen LogP contribution in [-0.4, -0.2) is 0 Å². The predicted molar refractivity (Wildman–Crippen MR) is 87.2 cm³/mol. The van der Waals surface area contributed by atoms with E-state index in [-0.39, 0.29) is 0 Å². The van der Waals surface area contributed by atoms with Crippen LogP contribution in [0.1, 0.15) is 0 Å². The third-order valence-corrected chi connectivity index (χ3v) is 3.52. The van der Waals surface area contributed by atoms with Crippen molar-refractivity contribution in [2.75, 3.05) is 0 Å². The number of hydrogen-bond acceptors (Lipinski definition) is 2. The SMILES string of the molecule is Brc1ccccc1Oc1ccc(Oc2ccccc2)cc1. The molecule has 0 aliphatic heterocycles. The Hall–Kier alpha value is -2.26. The summed E-state index contributed by atoms with van der Waals surface area (Å²) < 4.78 is 12.5. The molecule has 0 unspecified atom stereocenters. The van der Waals surface area contributed by atoms with Crippen LogP contribution in [0.3, 0.4) is 0 Å². The normalized spacial score (nSPS) is 10.1. The Morgan fingerprint density at radius 2 is 1.05 bits per heavy atom. The summed E-state index contributed by atoms with van der Waals surface area (Å²) in [4.78, 5) is 0. The third kappa shape index (κ3) is 3.64. The highest BCUT2D eigenvalue weighted by Crippen LogP contribution is 2.30. The minimum atomic E-state index is 0.766. The molecule has 0 fully saturated rings. The van der Waals surface area contributed by atoms with Crippen LogP contribution in [0.2, 0.25) is 0 Å². The van der Waals surface area contributed by atoms with Crippen molar-refractivity contribution >= 4 is 15.9 Å². The van der Waals surface area contributed by atoms with E-state index in [0.717, 1.165) is 27.5 Å². The quantitative estimate of drug-likeness (QED) is 0.576. The van der Waals surface area contributed by atoms with Gasteiger partial charge in [-0.1, -0.05) is 30.3 Å². The van der Waals surface area contributed by atoms with Crippen molar-refractivity contribution in [2.45, 2.75) is 0 Å². The fourth-order valence-electron chi connectivity index (χ4n) is 1.85. The number of halogens is 1. The van der Waals surface area contributed by atoms with E-state index < -0.39 is 0 Å². The molecule has 3 aromatic rings. The maximum Gasteiger partial charge on any atom is 0.141 e.